The van der Waals surface area contributed by atoms with Crippen LogP contribution in [0.15, 0.2) is 357 Å². The minimum absolute atomic E-state index is 0. The maximum atomic E-state index is 10.0. The minimum Gasteiger partial charge on any atom is -0.512 e. The number of aromatic nitrogens is 7. The van der Waals surface area contributed by atoms with Crippen LogP contribution in [0.25, 0.3) is 122 Å². The van der Waals surface area contributed by atoms with Gasteiger partial charge in [0.1, 0.15) is 5.58 Å². The van der Waals surface area contributed by atoms with Crippen molar-refractivity contribution in [3.8, 4) is 78.8 Å². The summed E-state index contributed by atoms with van der Waals surface area (Å²) in [6.07, 6.45) is 15.0. The quantitative estimate of drug-likeness (QED) is 0.0795. The summed E-state index contributed by atoms with van der Waals surface area (Å²) in [7, 11) is 0. The first kappa shape index (κ1) is 91.2. The van der Waals surface area contributed by atoms with Gasteiger partial charge in [-0.2, -0.15) is 0 Å². The summed E-state index contributed by atoms with van der Waals surface area (Å²) >= 11 is 0. The Labute approximate surface area is 720 Å². The maximum Gasteiger partial charge on any atom is 0.155 e. The third-order valence-electron chi connectivity index (χ3n) is 16.2. The van der Waals surface area contributed by atoms with Crippen LogP contribution in [0.2, 0.25) is 0 Å². The van der Waals surface area contributed by atoms with Crippen molar-refractivity contribution < 1.29 is 105 Å². The molecule has 12 nitrogen and oxygen atoms in total. The van der Waals surface area contributed by atoms with E-state index in [0.29, 0.717) is 0 Å². The largest absolute Gasteiger partial charge is 0.512 e. The molecule has 0 aliphatic rings. The molecule has 0 aliphatic heterocycles. The number of aliphatic hydroxyl groups excluding tert-OH is 2. The van der Waals surface area contributed by atoms with Crippen molar-refractivity contribution in [1.82, 2.24) is 34.9 Å². The number of para-hydroxylation sites is 1. The number of aryl methyl sites for hydroxylation is 3. The van der Waals surface area contributed by atoms with Gasteiger partial charge >= 0.3 is 0 Å². The molecule has 0 bridgehead atoms. The molecule has 0 spiro atoms. The van der Waals surface area contributed by atoms with Gasteiger partial charge in [-0.3, -0.25) is 24.5 Å². The number of allylic oxidation sites excluding steroid dienone is 4. The second-order valence-electron chi connectivity index (χ2n) is 24.9. The zero-order valence-electron chi connectivity index (χ0n) is 63.4. The number of hydrogen-bond donors (Lipinski definition) is 2. The Bertz CT molecular complexity index is 5580. The van der Waals surface area contributed by atoms with Crippen LogP contribution in [0.4, 0.5) is 0 Å². The monoisotopic (exact) mass is 2210 g/mol. The van der Waals surface area contributed by atoms with Crippen LogP contribution < -0.4 is 0 Å². The topological polar surface area (TPSA) is 178 Å². The molecule has 2 N–H and O–H groups in total. The molecule has 0 unspecified atom stereocenters. The Kier molecular flexibility index (Phi) is 38.7. The first-order valence-electron chi connectivity index (χ1n) is 35.4. The fraction of sp³-hybridized carbons (Fsp3) is 0.0714. The summed E-state index contributed by atoms with van der Waals surface area (Å²) < 4.78 is 6.01. The van der Waals surface area contributed by atoms with Gasteiger partial charge in [0.25, 0.3) is 0 Å². The number of carbonyl (C=O) groups is 2. The third kappa shape index (κ3) is 28.2. The van der Waals surface area contributed by atoms with Gasteiger partial charge in [-0.15, -0.1) is 184 Å². The SMILES string of the molecule is CC(=O)C=C(C)O.CC(=O)C=C(C)O.Cc1cc(-c2ccccn2)[c-]c2ccccc12.Cc1cc2ccccc2[c-]c1-c1ccccn1.Cc1ccnc(-c2[c-]ccc3c2oc2ccccc23)c1.[Ir].[Ir].[Ir].[Ir].[c-]1ccccc1-c1cc(-c2ccccn2)ccn1.[c-]1ccccc1-c1ccccn1.[c-]1ccccc1-c1ccccn1. The predicted octanol–water partition coefficient (Wildman–Crippen LogP) is 23.6. The molecule has 17 aromatic rings. The molecule has 0 amide bonds. The summed E-state index contributed by atoms with van der Waals surface area (Å²) in [5, 5.41) is 23.7. The van der Waals surface area contributed by atoms with Gasteiger partial charge in [0.15, 0.2) is 11.6 Å². The zero-order valence-corrected chi connectivity index (χ0v) is 73.0. The molecule has 0 saturated carbocycles. The van der Waals surface area contributed by atoms with E-state index < -0.39 is 0 Å². The van der Waals surface area contributed by atoms with Crippen molar-refractivity contribution in [2.24, 2.45) is 0 Å². The average molecular weight is 2200 g/mol. The second-order valence-corrected chi connectivity index (χ2v) is 24.9. The molecule has 16 heteroatoms. The number of ketones is 2. The molecule has 0 saturated heterocycles. The molecular formula is C98H79Ir4N7O5-6. The van der Waals surface area contributed by atoms with Crippen molar-refractivity contribution in [2.75, 3.05) is 0 Å². The van der Waals surface area contributed by atoms with Crippen LogP contribution in [0.1, 0.15) is 44.4 Å². The van der Waals surface area contributed by atoms with Gasteiger partial charge in [-0.05, 0) is 118 Å². The summed E-state index contributed by atoms with van der Waals surface area (Å²) in [6.45, 7) is 12.0. The molecular weight excluding hydrogens is 2120 g/mol. The van der Waals surface area contributed by atoms with Crippen molar-refractivity contribution >= 4 is 55.0 Å². The number of aliphatic hydroxyl groups is 2. The van der Waals surface area contributed by atoms with E-state index in [2.05, 4.69) is 153 Å². The van der Waals surface area contributed by atoms with E-state index in [-0.39, 0.29) is 104 Å². The number of pyridine rings is 7. The number of rotatable bonds is 9. The van der Waals surface area contributed by atoms with E-state index >= 15 is 0 Å². The first-order valence-corrected chi connectivity index (χ1v) is 35.4. The molecule has 0 aliphatic carbocycles. The van der Waals surface area contributed by atoms with E-state index in [1.165, 1.54) is 67.3 Å². The molecule has 9 aromatic carbocycles. The Hall–Kier alpha value is -11.6. The van der Waals surface area contributed by atoms with E-state index in [1.807, 2.05) is 243 Å². The van der Waals surface area contributed by atoms with E-state index in [0.717, 1.165) is 112 Å². The number of furan rings is 1. The standard InChI is InChI=1S/C18H12NO.C16H11N2.2C16H12N.2C11H8N.2C5H8O2.4Ir/c1-12-9-10-19-16(11-12)15-7-4-6-14-13-5-2-3-8-17(13)20-18(14)15;1-2-6-13(7-3-1)16-12-14(9-11-18-16)15-8-4-5-10-17-15;1-12-10-14(16-8-4-5-9-17-16)11-13-6-2-3-7-15(12)13;1-12-10-13-6-2-3-7-14(13)11-15(12)16-8-4-5-9-17-16;2*1-2-6-10(7-3-1)11-8-4-5-9-12-11;2*1-4(6)3-5(2)7;;;;/h2-6,8-11H,1H3;1-6,8-12H;2*2-10H,1H3;2*1-6,8-9H;2*3,6H,1-2H3;;;;/q6*-1;;;;;;. The van der Waals surface area contributed by atoms with Crippen molar-refractivity contribution in [1.29, 1.82) is 0 Å². The van der Waals surface area contributed by atoms with Gasteiger partial charge in [-0.1, -0.05) is 174 Å². The number of nitrogens with zero attached hydrogens (tertiary/aromatic N) is 7. The van der Waals surface area contributed by atoms with Crippen molar-refractivity contribution in [3.63, 3.8) is 0 Å². The van der Waals surface area contributed by atoms with E-state index in [9.17, 15) is 9.59 Å². The summed E-state index contributed by atoms with van der Waals surface area (Å²) in [5.74, 6) is -0.125. The number of carbonyl (C=O) groups excluding carboxylic acids is 2. The van der Waals surface area contributed by atoms with Crippen LogP contribution >= 0.6 is 0 Å². The normalized spacial score (nSPS) is 10.2. The number of fused-ring (bicyclic) bond motifs is 5. The number of benzene rings is 9. The van der Waals surface area contributed by atoms with Crippen LogP contribution in [0.3, 0.4) is 0 Å². The van der Waals surface area contributed by atoms with Gasteiger partial charge in [0.05, 0.1) is 22.8 Å². The zero-order chi connectivity index (χ0) is 77.2. The average Bonchev–Trinajstić information content (AvgIpc) is 1.62. The van der Waals surface area contributed by atoms with Gasteiger partial charge in [0.2, 0.25) is 0 Å². The maximum absolute atomic E-state index is 10.0. The Morgan fingerprint density at radius 1 is 0.333 bits per heavy atom. The van der Waals surface area contributed by atoms with Gasteiger partial charge in [0, 0.05) is 153 Å². The smallest absolute Gasteiger partial charge is 0.155 e. The molecule has 114 heavy (non-hydrogen) atoms. The van der Waals surface area contributed by atoms with E-state index in [1.54, 1.807) is 24.8 Å². The van der Waals surface area contributed by atoms with Crippen molar-refractivity contribution in [2.45, 2.75) is 48.5 Å². The third-order valence-corrected chi connectivity index (χ3v) is 16.2. The molecule has 17 rings (SSSR count). The Morgan fingerprint density at radius 2 is 0.772 bits per heavy atom. The summed E-state index contributed by atoms with van der Waals surface area (Å²) in [5.41, 5.74) is 19.3. The molecule has 8 heterocycles. The second kappa shape index (κ2) is 48.3. The summed E-state index contributed by atoms with van der Waals surface area (Å²) in [6, 6.07) is 114. The Balaban J connectivity index is 0.000000206. The van der Waals surface area contributed by atoms with Crippen LogP contribution in [-0.2, 0) is 90.0 Å². The molecule has 0 fully saturated rings. The summed E-state index contributed by atoms with van der Waals surface area (Å²) in [4.78, 5) is 50.4. The molecule has 4 radical (unpaired) electrons. The van der Waals surface area contributed by atoms with Crippen LogP contribution in [0, 0.1) is 57.2 Å². The Morgan fingerprint density at radius 3 is 1.26 bits per heavy atom. The fourth-order valence-corrected chi connectivity index (χ4v) is 11.2. The van der Waals surface area contributed by atoms with Crippen LogP contribution in [-0.4, -0.2) is 56.7 Å². The molecule has 578 valence electrons. The van der Waals surface area contributed by atoms with Gasteiger partial charge < -0.3 is 34.6 Å². The molecule has 0 atom stereocenters. The first-order chi connectivity index (χ1) is 53.6. The molecule has 8 aromatic heterocycles. The minimum atomic E-state index is -0.125. The predicted molar refractivity (Wildman–Crippen MR) is 445 cm³/mol. The fourth-order valence-electron chi connectivity index (χ4n) is 11.2. The van der Waals surface area contributed by atoms with Crippen molar-refractivity contribution in [3.05, 3.63) is 405 Å². The van der Waals surface area contributed by atoms with E-state index in [4.69, 9.17) is 14.6 Å². The van der Waals surface area contributed by atoms with Crippen LogP contribution in [0.5, 0.6) is 0 Å². The van der Waals surface area contributed by atoms with Gasteiger partial charge in [-0.25, -0.2) is 0 Å². The number of hydrogen-bond acceptors (Lipinski definition) is 12.